The average molecular weight is 201 g/mol. The Labute approximate surface area is 83.6 Å². The van der Waals surface area contributed by atoms with Gasteiger partial charge in [0.25, 0.3) is 0 Å². The molecule has 5 heteroatoms. The van der Waals surface area contributed by atoms with Gasteiger partial charge in [0.2, 0.25) is 0 Å². The molecule has 0 amide bonds. The molecule has 1 aliphatic rings. The van der Waals surface area contributed by atoms with E-state index in [4.69, 9.17) is 12.2 Å². The molecule has 0 spiro atoms. The van der Waals surface area contributed by atoms with E-state index in [2.05, 4.69) is 10.6 Å². The molecule has 0 unspecified atom stereocenters. The summed E-state index contributed by atoms with van der Waals surface area (Å²) in [5.74, 6) is 0. The van der Waals surface area contributed by atoms with Gasteiger partial charge in [-0.1, -0.05) is 19.3 Å². The lowest BCUT2D eigenvalue weighted by Crippen LogP contribution is -2.41. The van der Waals surface area contributed by atoms with Crippen LogP contribution in [-0.4, -0.2) is 23.2 Å². The van der Waals surface area contributed by atoms with Gasteiger partial charge in [0.1, 0.15) is 0 Å². The van der Waals surface area contributed by atoms with Gasteiger partial charge in [0, 0.05) is 13.1 Å². The summed E-state index contributed by atoms with van der Waals surface area (Å²) in [6, 6.07) is 0.436. The summed E-state index contributed by atoms with van der Waals surface area (Å²) in [4.78, 5) is 10.1. The van der Waals surface area contributed by atoms with Crippen molar-refractivity contribution in [1.29, 1.82) is 0 Å². The zero-order chi connectivity index (χ0) is 9.68. The van der Waals surface area contributed by atoms with Crippen LogP contribution in [0.25, 0.3) is 0 Å². The Hall–Kier alpha value is -0.710. The summed E-state index contributed by atoms with van der Waals surface area (Å²) in [5.41, 5.74) is 0. The van der Waals surface area contributed by atoms with Crippen LogP contribution in [0.2, 0.25) is 0 Å². The van der Waals surface area contributed by atoms with Crippen molar-refractivity contribution in [3.63, 3.8) is 0 Å². The Bertz CT molecular complexity index is 192. The van der Waals surface area contributed by atoms with Gasteiger partial charge in [-0.25, -0.2) is 5.01 Å². The first kappa shape index (κ1) is 10.4. The van der Waals surface area contributed by atoms with E-state index in [0.29, 0.717) is 11.2 Å². The highest BCUT2D eigenvalue weighted by Gasteiger charge is 2.15. The predicted octanol–water partition coefficient (Wildman–Crippen LogP) is 1.81. The van der Waals surface area contributed by atoms with Crippen molar-refractivity contribution in [2.24, 2.45) is 5.29 Å². The number of nitrogens with one attached hydrogen (secondary N) is 1. The molecule has 1 aliphatic carbocycles. The minimum absolute atomic E-state index is 0.432. The minimum Gasteiger partial charge on any atom is -0.358 e. The number of hydrogen-bond acceptors (Lipinski definition) is 3. The number of nitrogens with zero attached hydrogens (tertiary/aromatic N) is 2. The van der Waals surface area contributed by atoms with Crippen molar-refractivity contribution < 1.29 is 0 Å². The van der Waals surface area contributed by atoms with Gasteiger partial charge in [-0.15, -0.1) is 4.91 Å². The maximum Gasteiger partial charge on any atom is 0.192 e. The third kappa shape index (κ3) is 3.26. The molecule has 1 N–H and O–H groups in total. The van der Waals surface area contributed by atoms with Crippen molar-refractivity contribution in [1.82, 2.24) is 10.3 Å². The van der Waals surface area contributed by atoms with E-state index >= 15 is 0 Å². The van der Waals surface area contributed by atoms with Gasteiger partial charge < -0.3 is 5.32 Å². The van der Waals surface area contributed by atoms with Crippen LogP contribution in [0.15, 0.2) is 5.29 Å². The number of thiocarbonyl (C=S) groups is 1. The summed E-state index contributed by atoms with van der Waals surface area (Å²) in [5, 5.41) is 7.46. The normalized spacial score (nSPS) is 17.9. The highest BCUT2D eigenvalue weighted by molar-refractivity contribution is 7.80. The lowest BCUT2D eigenvalue weighted by Gasteiger charge is -2.25. The lowest BCUT2D eigenvalue weighted by molar-refractivity contribution is 0.397. The van der Waals surface area contributed by atoms with E-state index in [1.165, 1.54) is 19.3 Å². The topological polar surface area (TPSA) is 44.7 Å². The highest BCUT2D eigenvalue weighted by Crippen LogP contribution is 2.17. The molecule has 0 radical (unpaired) electrons. The van der Waals surface area contributed by atoms with Gasteiger partial charge in [-0.2, -0.15) is 0 Å². The van der Waals surface area contributed by atoms with Gasteiger partial charge in [-0.3, -0.25) is 0 Å². The van der Waals surface area contributed by atoms with Crippen LogP contribution in [0.4, 0.5) is 0 Å². The van der Waals surface area contributed by atoms with Gasteiger partial charge in [0.15, 0.2) is 5.11 Å². The molecule has 0 aromatic carbocycles. The summed E-state index contributed by atoms with van der Waals surface area (Å²) in [6.45, 7) is 0. The zero-order valence-corrected chi connectivity index (χ0v) is 8.64. The van der Waals surface area contributed by atoms with E-state index in [0.717, 1.165) is 17.9 Å². The van der Waals surface area contributed by atoms with Gasteiger partial charge >= 0.3 is 0 Å². The molecule has 0 aliphatic heterocycles. The average Bonchev–Trinajstić information content (AvgIpc) is 2.18. The minimum atomic E-state index is 0.432. The third-order valence-electron chi connectivity index (χ3n) is 2.35. The second kappa shape index (κ2) is 5.11. The molecule has 0 bridgehead atoms. The molecular formula is C8H15N3OS. The zero-order valence-electron chi connectivity index (χ0n) is 7.82. The molecule has 0 saturated heterocycles. The Morgan fingerprint density at radius 1 is 1.46 bits per heavy atom. The third-order valence-corrected chi connectivity index (χ3v) is 2.73. The Balaban J connectivity index is 2.29. The largest absolute Gasteiger partial charge is 0.358 e. The molecule has 0 aromatic heterocycles. The van der Waals surface area contributed by atoms with E-state index < -0.39 is 0 Å². The standard InChI is InChI=1S/C8H15N3OS/c1-11(10-12)8(13)9-7-5-3-2-4-6-7/h7H,2-6H2,1H3,(H,9,13). The predicted molar refractivity (Wildman–Crippen MR) is 56.2 cm³/mol. The second-order valence-corrected chi connectivity index (χ2v) is 3.78. The summed E-state index contributed by atoms with van der Waals surface area (Å²) < 4.78 is 0. The summed E-state index contributed by atoms with van der Waals surface area (Å²) >= 11 is 4.98. The van der Waals surface area contributed by atoms with E-state index in [9.17, 15) is 4.91 Å². The molecule has 13 heavy (non-hydrogen) atoms. The molecule has 0 aromatic rings. The fourth-order valence-electron chi connectivity index (χ4n) is 1.55. The van der Waals surface area contributed by atoms with E-state index in [-0.39, 0.29) is 0 Å². The SMILES string of the molecule is CN(N=O)C(=S)NC1CCCCC1. The van der Waals surface area contributed by atoms with Crippen molar-refractivity contribution in [3.8, 4) is 0 Å². The Morgan fingerprint density at radius 2 is 2.08 bits per heavy atom. The molecule has 74 valence electrons. The maximum absolute atomic E-state index is 10.1. The molecular weight excluding hydrogens is 186 g/mol. The van der Waals surface area contributed by atoms with E-state index in [1.807, 2.05) is 0 Å². The van der Waals surface area contributed by atoms with Crippen molar-refractivity contribution in [3.05, 3.63) is 4.91 Å². The first-order valence-corrected chi connectivity index (χ1v) is 5.02. The second-order valence-electron chi connectivity index (χ2n) is 3.39. The van der Waals surface area contributed by atoms with Crippen LogP contribution in [-0.2, 0) is 0 Å². The molecule has 4 nitrogen and oxygen atoms in total. The summed E-state index contributed by atoms with van der Waals surface area (Å²) in [7, 11) is 1.56. The van der Waals surface area contributed by atoms with Crippen molar-refractivity contribution >= 4 is 17.3 Å². The van der Waals surface area contributed by atoms with Crippen LogP contribution in [0.5, 0.6) is 0 Å². The Morgan fingerprint density at radius 3 is 2.62 bits per heavy atom. The first-order chi connectivity index (χ1) is 6.24. The highest BCUT2D eigenvalue weighted by atomic mass is 32.1. The smallest absolute Gasteiger partial charge is 0.192 e. The first-order valence-electron chi connectivity index (χ1n) is 4.61. The van der Waals surface area contributed by atoms with Gasteiger partial charge in [-0.05, 0) is 25.1 Å². The Kier molecular flexibility index (Phi) is 4.08. The monoisotopic (exact) mass is 201 g/mol. The fraction of sp³-hybridized carbons (Fsp3) is 0.875. The van der Waals surface area contributed by atoms with Crippen LogP contribution in [0.1, 0.15) is 32.1 Å². The number of rotatable bonds is 2. The molecule has 0 heterocycles. The van der Waals surface area contributed by atoms with Crippen LogP contribution in [0, 0.1) is 4.91 Å². The van der Waals surface area contributed by atoms with Crippen molar-refractivity contribution in [2.45, 2.75) is 38.1 Å². The van der Waals surface area contributed by atoms with Crippen molar-refractivity contribution in [2.75, 3.05) is 7.05 Å². The number of hydrogen-bond donors (Lipinski definition) is 1. The van der Waals surface area contributed by atoms with Crippen LogP contribution in [0.3, 0.4) is 0 Å². The molecule has 0 atom stereocenters. The summed E-state index contributed by atoms with van der Waals surface area (Å²) in [6.07, 6.45) is 6.10. The quantitative estimate of drug-likeness (QED) is 0.420. The number of nitroso groups, excluding NO2 is 1. The van der Waals surface area contributed by atoms with E-state index in [1.54, 1.807) is 7.05 Å². The maximum atomic E-state index is 10.1. The lowest BCUT2D eigenvalue weighted by atomic mass is 9.96. The molecule has 1 rings (SSSR count). The fourth-order valence-corrected chi connectivity index (χ4v) is 1.75. The van der Waals surface area contributed by atoms with Gasteiger partial charge in [0.05, 0.1) is 5.29 Å². The molecule has 1 saturated carbocycles. The molecule has 1 fully saturated rings. The van der Waals surface area contributed by atoms with Crippen LogP contribution >= 0.6 is 12.2 Å². The van der Waals surface area contributed by atoms with Crippen LogP contribution < -0.4 is 5.32 Å².